The Balaban J connectivity index is 0.00000420. The van der Waals surface area contributed by atoms with Crippen molar-refractivity contribution in [3.63, 3.8) is 0 Å². The van der Waals surface area contributed by atoms with Gasteiger partial charge in [0.15, 0.2) is 11.4 Å². The molecule has 0 saturated carbocycles. The number of amides is 2. The molecule has 0 bridgehead atoms. The van der Waals surface area contributed by atoms with Crippen molar-refractivity contribution in [3.05, 3.63) is 59.1 Å². The van der Waals surface area contributed by atoms with Gasteiger partial charge in [-0.05, 0) is 48.9 Å². The molecule has 0 aliphatic carbocycles. The number of halogens is 1. The van der Waals surface area contributed by atoms with Crippen molar-refractivity contribution >= 4 is 24.2 Å². The zero-order valence-corrected chi connectivity index (χ0v) is 24.1. The summed E-state index contributed by atoms with van der Waals surface area (Å²) in [6.45, 7) is 10.1. The number of carbonyl (C=O) groups excluding carboxylic acids is 2. The number of aliphatic hydroxyl groups excluding tert-OH is 1. The zero-order valence-electron chi connectivity index (χ0n) is 23.3. The Hall–Kier alpha value is -2.88. The van der Waals surface area contributed by atoms with Crippen molar-refractivity contribution in [2.45, 2.75) is 77.6 Å². The number of rotatable bonds is 9. The molecule has 1 spiro atoms. The van der Waals surface area contributed by atoms with E-state index in [9.17, 15) is 19.9 Å². The SMILES string of the molecule is CCCCN1C(=O)[C@@H]([C@H](O)C(C)C)NC(=O)C12CCN(Cc1ccc(Oc3ccc(C)[n+]([O-])c3)cc1)CC2.Cl. The van der Waals surface area contributed by atoms with Crippen LogP contribution in [0, 0.1) is 18.0 Å². The van der Waals surface area contributed by atoms with Crippen LogP contribution < -0.4 is 14.8 Å². The number of unbranched alkanes of at least 4 members (excludes halogenated alkanes) is 1. The number of aromatic nitrogens is 1. The normalized spacial score (nSPS) is 20.1. The average Bonchev–Trinajstić information content (AvgIpc) is 2.90. The molecule has 2 N–H and O–H groups in total. The number of piperazine rings is 1. The molecule has 4 rings (SSSR count). The maximum Gasteiger partial charge on any atom is 0.248 e. The number of aryl methyl sites for hydroxylation is 1. The van der Waals surface area contributed by atoms with Gasteiger partial charge in [0.25, 0.3) is 0 Å². The van der Waals surface area contributed by atoms with Gasteiger partial charge in [0.1, 0.15) is 17.3 Å². The van der Waals surface area contributed by atoms with Crippen molar-refractivity contribution < 1.29 is 24.2 Å². The van der Waals surface area contributed by atoms with Crippen molar-refractivity contribution in [1.82, 2.24) is 15.1 Å². The van der Waals surface area contributed by atoms with E-state index in [0.29, 0.717) is 49.7 Å². The highest BCUT2D eigenvalue weighted by Crippen LogP contribution is 2.35. The van der Waals surface area contributed by atoms with Gasteiger partial charge in [-0.3, -0.25) is 14.5 Å². The monoisotopic (exact) mass is 560 g/mol. The highest BCUT2D eigenvalue weighted by Gasteiger charge is 2.54. The zero-order chi connectivity index (χ0) is 27.4. The summed E-state index contributed by atoms with van der Waals surface area (Å²) in [6, 6.07) is 10.4. The first-order valence-corrected chi connectivity index (χ1v) is 13.6. The van der Waals surface area contributed by atoms with Crippen molar-refractivity contribution in [1.29, 1.82) is 0 Å². The molecule has 0 unspecified atom stereocenters. The first kappa shape index (κ1) is 30.7. The summed E-state index contributed by atoms with van der Waals surface area (Å²) in [5.74, 6) is 0.687. The Kier molecular flexibility index (Phi) is 10.2. The average molecular weight is 561 g/mol. The minimum Gasteiger partial charge on any atom is -0.618 e. The van der Waals surface area contributed by atoms with Crippen molar-refractivity contribution in [2.75, 3.05) is 19.6 Å². The van der Waals surface area contributed by atoms with E-state index in [1.54, 1.807) is 24.0 Å². The minimum absolute atomic E-state index is 0. The summed E-state index contributed by atoms with van der Waals surface area (Å²) < 4.78 is 6.59. The predicted molar refractivity (Wildman–Crippen MR) is 151 cm³/mol. The third-order valence-electron chi connectivity index (χ3n) is 7.85. The summed E-state index contributed by atoms with van der Waals surface area (Å²) in [5, 5.41) is 25.3. The number of carbonyl (C=O) groups is 2. The van der Waals surface area contributed by atoms with Crippen LogP contribution in [0.4, 0.5) is 0 Å². The molecule has 2 atom stereocenters. The molecule has 0 radical (unpaired) electrons. The Morgan fingerprint density at radius 1 is 1.13 bits per heavy atom. The fraction of sp³-hybridized carbons (Fsp3) is 0.552. The molecule has 2 aliphatic rings. The van der Waals surface area contributed by atoms with E-state index in [2.05, 4.69) is 17.1 Å². The van der Waals surface area contributed by atoms with E-state index in [1.165, 1.54) is 6.20 Å². The maximum absolute atomic E-state index is 13.5. The third kappa shape index (κ3) is 6.65. The van der Waals surface area contributed by atoms with Crippen LogP contribution in [0.15, 0.2) is 42.6 Å². The van der Waals surface area contributed by atoms with Crippen molar-refractivity contribution in [2.24, 2.45) is 5.92 Å². The Morgan fingerprint density at radius 3 is 2.36 bits per heavy atom. The molecular weight excluding hydrogens is 520 g/mol. The summed E-state index contributed by atoms with van der Waals surface area (Å²) in [5.41, 5.74) is 0.857. The van der Waals surface area contributed by atoms with Crippen LogP contribution in [-0.2, 0) is 16.1 Å². The topological polar surface area (TPSA) is 109 Å². The Bertz CT molecular complexity index is 1130. The number of nitrogens with one attached hydrogen (secondary N) is 1. The van der Waals surface area contributed by atoms with Crippen LogP contribution in [0.5, 0.6) is 11.5 Å². The molecule has 9 nitrogen and oxygen atoms in total. The first-order chi connectivity index (χ1) is 18.1. The minimum atomic E-state index is -0.910. The standard InChI is InChI=1S/C29H40N4O5.ClH/c1-5-6-15-32-27(35)25(26(34)20(2)3)30-28(36)29(32)13-16-31(17-14-29)18-22-8-11-23(12-9-22)38-24-10-7-21(4)33(37)19-24;/h7-12,19-20,25-26,34H,5-6,13-18H2,1-4H3,(H,30,36);1H/t25-,26-;/m1./s1. The summed E-state index contributed by atoms with van der Waals surface area (Å²) in [6.07, 6.45) is 3.36. The number of likely N-dealkylation sites (tertiary alicyclic amines) is 1. The highest BCUT2D eigenvalue weighted by atomic mass is 35.5. The fourth-order valence-corrected chi connectivity index (χ4v) is 5.33. The number of pyridine rings is 1. The largest absolute Gasteiger partial charge is 0.618 e. The highest BCUT2D eigenvalue weighted by molar-refractivity contribution is 6.00. The number of aliphatic hydroxyl groups is 1. The van der Waals surface area contributed by atoms with Crippen LogP contribution in [0.1, 0.15) is 57.7 Å². The molecule has 1 aromatic heterocycles. The number of piperidine rings is 1. The van der Waals surface area contributed by atoms with Crippen LogP contribution >= 0.6 is 12.4 Å². The van der Waals surface area contributed by atoms with Gasteiger partial charge in [0, 0.05) is 39.2 Å². The van der Waals surface area contributed by atoms with E-state index in [0.717, 1.165) is 29.7 Å². The van der Waals surface area contributed by atoms with Gasteiger partial charge < -0.3 is 25.3 Å². The molecule has 2 amide bonds. The van der Waals surface area contributed by atoms with Crippen LogP contribution in [0.25, 0.3) is 0 Å². The third-order valence-corrected chi connectivity index (χ3v) is 7.85. The van der Waals surface area contributed by atoms with Gasteiger partial charge >= 0.3 is 0 Å². The van der Waals surface area contributed by atoms with Gasteiger partial charge in [0.05, 0.1) is 6.10 Å². The quantitative estimate of drug-likeness (QED) is 0.360. The lowest BCUT2D eigenvalue weighted by atomic mass is 9.80. The molecule has 1 aromatic carbocycles. The van der Waals surface area contributed by atoms with Gasteiger partial charge in [-0.25, -0.2) is 0 Å². The molecule has 2 aromatic rings. The second-order valence-electron chi connectivity index (χ2n) is 10.9. The van der Waals surface area contributed by atoms with Crippen LogP contribution in [-0.4, -0.2) is 64.0 Å². The Morgan fingerprint density at radius 2 is 1.77 bits per heavy atom. The lowest BCUT2D eigenvalue weighted by Crippen LogP contribution is -2.74. The number of hydrogen-bond donors (Lipinski definition) is 2. The van der Waals surface area contributed by atoms with E-state index in [-0.39, 0.29) is 30.1 Å². The lowest BCUT2D eigenvalue weighted by molar-refractivity contribution is -0.612. The molecule has 2 fully saturated rings. The molecule has 10 heteroatoms. The summed E-state index contributed by atoms with van der Waals surface area (Å²) in [7, 11) is 0. The van der Waals surface area contributed by atoms with E-state index >= 15 is 0 Å². The molecule has 2 aliphatic heterocycles. The van der Waals surface area contributed by atoms with Crippen LogP contribution in [0.3, 0.4) is 0 Å². The van der Waals surface area contributed by atoms with Gasteiger partial charge in [0.2, 0.25) is 18.0 Å². The molecule has 2 saturated heterocycles. The number of hydrogen-bond acceptors (Lipinski definition) is 6. The predicted octanol–water partition coefficient (Wildman–Crippen LogP) is 3.32. The lowest BCUT2D eigenvalue weighted by Gasteiger charge is -2.52. The molecule has 214 valence electrons. The maximum atomic E-state index is 13.5. The van der Waals surface area contributed by atoms with Crippen molar-refractivity contribution in [3.8, 4) is 11.5 Å². The van der Waals surface area contributed by atoms with E-state index in [1.807, 2.05) is 38.1 Å². The van der Waals surface area contributed by atoms with Gasteiger partial charge in [-0.15, -0.1) is 12.4 Å². The number of benzene rings is 1. The summed E-state index contributed by atoms with van der Waals surface area (Å²) >= 11 is 0. The van der Waals surface area contributed by atoms with Gasteiger partial charge in [-0.2, -0.15) is 4.73 Å². The number of ether oxygens (including phenoxy) is 1. The fourth-order valence-electron chi connectivity index (χ4n) is 5.33. The summed E-state index contributed by atoms with van der Waals surface area (Å²) in [4.78, 5) is 31.0. The Labute approximate surface area is 237 Å². The molecule has 3 heterocycles. The molecule has 39 heavy (non-hydrogen) atoms. The first-order valence-electron chi connectivity index (χ1n) is 13.6. The smallest absolute Gasteiger partial charge is 0.248 e. The van der Waals surface area contributed by atoms with E-state index in [4.69, 9.17) is 4.74 Å². The van der Waals surface area contributed by atoms with Gasteiger partial charge in [-0.1, -0.05) is 39.3 Å². The van der Waals surface area contributed by atoms with E-state index < -0.39 is 17.7 Å². The second kappa shape index (κ2) is 13.0. The second-order valence-corrected chi connectivity index (χ2v) is 10.9. The molecular formula is C29H41ClN4O5. The number of nitrogens with zero attached hydrogens (tertiary/aromatic N) is 3. The van der Waals surface area contributed by atoms with Crippen LogP contribution in [0.2, 0.25) is 0 Å².